The molecule has 0 radical (unpaired) electrons. The molecule has 2 aromatic carbocycles. The van der Waals surface area contributed by atoms with Crippen LogP contribution in [0.5, 0.6) is 5.75 Å². The number of likely N-dealkylation sites (tertiary alicyclic amines) is 1. The van der Waals surface area contributed by atoms with Crippen molar-refractivity contribution < 1.29 is 14.3 Å². The third-order valence-corrected chi connectivity index (χ3v) is 7.69. The van der Waals surface area contributed by atoms with E-state index in [1.807, 2.05) is 55.5 Å². The van der Waals surface area contributed by atoms with Crippen LogP contribution >= 0.6 is 0 Å². The molecule has 1 saturated heterocycles. The lowest BCUT2D eigenvalue weighted by atomic mass is 9.55. The predicted octanol–water partition coefficient (Wildman–Crippen LogP) is 3.98. The molecule has 4 rings (SSSR count). The van der Waals surface area contributed by atoms with Crippen LogP contribution in [0.2, 0.25) is 0 Å². The lowest BCUT2D eigenvalue weighted by Gasteiger charge is -2.60. The summed E-state index contributed by atoms with van der Waals surface area (Å²) in [6.45, 7) is 1.90. The quantitative estimate of drug-likeness (QED) is 0.731. The summed E-state index contributed by atoms with van der Waals surface area (Å²) in [4.78, 5) is 17.5. The second-order valence-corrected chi connectivity index (χ2v) is 9.18. The number of likely N-dealkylation sites (N-methyl/N-ethyl adjacent to an activating group) is 1. The average molecular weight is 423 g/mol. The number of hydrogen-bond donors (Lipinski definition) is 0. The summed E-state index contributed by atoms with van der Waals surface area (Å²) in [5, 5.41) is 0. The van der Waals surface area contributed by atoms with Gasteiger partial charge in [0.2, 0.25) is 0 Å². The first kappa shape index (κ1) is 21.8. The van der Waals surface area contributed by atoms with Gasteiger partial charge in [-0.2, -0.15) is 0 Å². The minimum Gasteiger partial charge on any atom is -0.497 e. The minimum atomic E-state index is -0.278. The number of ether oxygens (including phenoxy) is 2. The molecule has 1 aliphatic carbocycles. The van der Waals surface area contributed by atoms with Crippen LogP contribution in [0.1, 0.15) is 41.6 Å². The van der Waals surface area contributed by atoms with Crippen molar-refractivity contribution in [2.45, 2.75) is 42.7 Å². The molecule has 2 aliphatic rings. The lowest BCUT2D eigenvalue weighted by molar-refractivity contribution is -0.149. The van der Waals surface area contributed by atoms with Crippen molar-refractivity contribution in [1.29, 1.82) is 0 Å². The van der Waals surface area contributed by atoms with Crippen LogP contribution in [0, 0.1) is 0 Å². The molecule has 0 spiro atoms. The smallest absolute Gasteiger partial charge is 0.253 e. The number of amides is 1. The minimum absolute atomic E-state index is 0.0873. The Morgan fingerprint density at radius 1 is 1.10 bits per heavy atom. The van der Waals surface area contributed by atoms with Crippen LogP contribution in [-0.4, -0.2) is 68.8 Å². The Kier molecular flexibility index (Phi) is 6.09. The van der Waals surface area contributed by atoms with E-state index >= 15 is 0 Å². The fraction of sp³-hybridized carbons (Fsp3) is 0.500. The number of rotatable bonds is 5. The van der Waals surface area contributed by atoms with Gasteiger partial charge in [-0.3, -0.25) is 4.79 Å². The molecule has 1 heterocycles. The zero-order valence-electron chi connectivity index (χ0n) is 19.1. The Morgan fingerprint density at radius 3 is 2.58 bits per heavy atom. The zero-order chi connectivity index (χ0) is 22.1. The summed E-state index contributed by atoms with van der Waals surface area (Å²) in [6.07, 6.45) is 3.73. The summed E-state index contributed by atoms with van der Waals surface area (Å²) in [5.41, 5.74) is 1.55. The van der Waals surface area contributed by atoms with E-state index in [0.29, 0.717) is 0 Å². The van der Waals surface area contributed by atoms with Crippen molar-refractivity contribution in [2.24, 2.45) is 0 Å². The maximum atomic E-state index is 13.2. The predicted molar refractivity (Wildman–Crippen MR) is 123 cm³/mol. The van der Waals surface area contributed by atoms with Crippen LogP contribution in [0.3, 0.4) is 0 Å². The Morgan fingerprint density at radius 2 is 1.87 bits per heavy atom. The van der Waals surface area contributed by atoms with Gasteiger partial charge in [-0.25, -0.2) is 0 Å². The molecule has 166 valence electrons. The Bertz CT molecular complexity index is 918. The van der Waals surface area contributed by atoms with Gasteiger partial charge in [0.1, 0.15) is 5.75 Å². The third-order valence-electron chi connectivity index (χ3n) is 7.69. The lowest BCUT2D eigenvalue weighted by Crippen LogP contribution is -2.67. The molecule has 0 unspecified atom stereocenters. The van der Waals surface area contributed by atoms with Gasteiger partial charge in [-0.1, -0.05) is 30.3 Å². The van der Waals surface area contributed by atoms with E-state index in [0.717, 1.165) is 50.1 Å². The number of hydrogen-bond acceptors (Lipinski definition) is 4. The van der Waals surface area contributed by atoms with Crippen LogP contribution < -0.4 is 4.74 Å². The second kappa shape index (κ2) is 8.64. The number of fused-ring (bicyclic) bond motifs is 1. The molecule has 5 heteroatoms. The molecule has 5 nitrogen and oxygen atoms in total. The topological polar surface area (TPSA) is 42.0 Å². The Balaban J connectivity index is 1.72. The fourth-order valence-electron chi connectivity index (χ4n) is 5.88. The normalized spacial score (nSPS) is 28.6. The average Bonchev–Trinajstić information content (AvgIpc) is 2.83. The van der Waals surface area contributed by atoms with Gasteiger partial charge in [0.05, 0.1) is 12.7 Å². The van der Waals surface area contributed by atoms with Gasteiger partial charge in [0, 0.05) is 37.7 Å². The summed E-state index contributed by atoms with van der Waals surface area (Å²) in [6, 6.07) is 18.2. The number of benzene rings is 2. The zero-order valence-corrected chi connectivity index (χ0v) is 19.1. The Labute approximate surface area is 185 Å². The molecular weight excluding hydrogens is 388 g/mol. The standard InChI is InChI=1S/C26H34N2O3/c1-27-16-15-25(21-11-8-12-23(17-21)30-3)18-22(13-14-26(25,19-27)31-4)28(2)24(29)20-9-6-5-7-10-20/h5-12,17,22H,13-16,18-19H2,1-4H3/t22-,25-,26-/m0/s1. The highest BCUT2D eigenvalue weighted by molar-refractivity contribution is 5.94. The van der Waals surface area contributed by atoms with Gasteiger partial charge < -0.3 is 19.3 Å². The van der Waals surface area contributed by atoms with Gasteiger partial charge in [0.15, 0.2) is 0 Å². The number of carbonyl (C=O) groups is 1. The highest BCUT2D eigenvalue weighted by Crippen LogP contribution is 2.54. The van der Waals surface area contributed by atoms with Crippen LogP contribution in [0.25, 0.3) is 0 Å². The summed E-state index contributed by atoms with van der Waals surface area (Å²) >= 11 is 0. The second-order valence-electron chi connectivity index (χ2n) is 9.18. The van der Waals surface area contributed by atoms with Crippen molar-refractivity contribution >= 4 is 5.91 Å². The number of piperidine rings is 1. The molecule has 2 fully saturated rings. The molecule has 1 aliphatic heterocycles. The molecule has 3 atom stereocenters. The molecular formula is C26H34N2O3. The molecule has 0 bridgehead atoms. The molecule has 1 saturated carbocycles. The van der Waals surface area contributed by atoms with E-state index in [-0.39, 0.29) is 23.0 Å². The number of nitrogens with zero attached hydrogens (tertiary/aromatic N) is 2. The molecule has 31 heavy (non-hydrogen) atoms. The van der Waals surface area contributed by atoms with Crippen molar-refractivity contribution in [1.82, 2.24) is 9.80 Å². The SMILES string of the molecule is COc1cccc([C@@]23CCN(C)C[C@@]2(OC)CC[C@H](N(C)C(=O)c2ccccc2)C3)c1. The van der Waals surface area contributed by atoms with Crippen LogP contribution in [0.15, 0.2) is 54.6 Å². The summed E-state index contributed by atoms with van der Waals surface area (Å²) < 4.78 is 11.9. The third kappa shape index (κ3) is 3.74. The summed E-state index contributed by atoms with van der Waals surface area (Å²) in [7, 11) is 7.69. The van der Waals surface area contributed by atoms with E-state index in [4.69, 9.17) is 9.47 Å². The molecule has 1 amide bonds. The maximum Gasteiger partial charge on any atom is 0.253 e. The number of methoxy groups -OCH3 is 2. The molecule has 0 aromatic heterocycles. The van der Waals surface area contributed by atoms with Gasteiger partial charge in [-0.15, -0.1) is 0 Å². The monoisotopic (exact) mass is 422 g/mol. The van der Waals surface area contributed by atoms with Crippen molar-refractivity contribution in [2.75, 3.05) is 41.4 Å². The Hall–Kier alpha value is -2.37. The van der Waals surface area contributed by atoms with E-state index in [9.17, 15) is 4.79 Å². The van der Waals surface area contributed by atoms with Gasteiger partial charge in [0.25, 0.3) is 5.91 Å². The van der Waals surface area contributed by atoms with Crippen LogP contribution in [0.4, 0.5) is 0 Å². The molecule has 2 aromatic rings. The highest BCUT2D eigenvalue weighted by Gasteiger charge is 2.59. The van der Waals surface area contributed by atoms with E-state index < -0.39 is 0 Å². The summed E-state index contributed by atoms with van der Waals surface area (Å²) in [5.74, 6) is 0.955. The first-order chi connectivity index (χ1) is 14.9. The number of carbonyl (C=O) groups excluding carboxylic acids is 1. The largest absolute Gasteiger partial charge is 0.497 e. The van der Waals surface area contributed by atoms with E-state index in [1.165, 1.54) is 5.56 Å². The van der Waals surface area contributed by atoms with Crippen molar-refractivity contribution in [3.8, 4) is 5.75 Å². The van der Waals surface area contributed by atoms with Gasteiger partial charge in [-0.05, 0) is 69.1 Å². The first-order valence-corrected chi connectivity index (χ1v) is 11.2. The van der Waals surface area contributed by atoms with Gasteiger partial charge >= 0.3 is 0 Å². The first-order valence-electron chi connectivity index (χ1n) is 11.2. The van der Waals surface area contributed by atoms with Crippen molar-refractivity contribution in [3.63, 3.8) is 0 Å². The maximum absolute atomic E-state index is 13.2. The van der Waals surface area contributed by atoms with Crippen molar-refractivity contribution in [3.05, 3.63) is 65.7 Å². The van der Waals surface area contributed by atoms with Crippen LogP contribution in [-0.2, 0) is 10.2 Å². The van der Waals surface area contributed by atoms with E-state index in [1.54, 1.807) is 7.11 Å². The van der Waals surface area contributed by atoms with E-state index in [2.05, 4.69) is 30.1 Å². The molecule has 0 N–H and O–H groups in total. The highest BCUT2D eigenvalue weighted by atomic mass is 16.5. The fourth-order valence-corrected chi connectivity index (χ4v) is 5.88.